The average Bonchev–Trinajstić information content (AvgIpc) is 2.14. The predicted molar refractivity (Wildman–Crippen MR) is 29.4 cm³/mol. The molecule has 2 unspecified atom stereocenters. The summed E-state index contributed by atoms with van der Waals surface area (Å²) in [5.74, 6) is 0. The molecule has 0 amide bonds. The summed E-state index contributed by atoms with van der Waals surface area (Å²) in [6, 6.07) is 0. The lowest BCUT2D eigenvalue weighted by Crippen LogP contribution is -2.18. The Labute approximate surface area is 48.4 Å². The zero-order chi connectivity index (χ0) is 5.98. The molecule has 8 heavy (non-hydrogen) atoms. The van der Waals surface area contributed by atoms with Crippen molar-refractivity contribution in [3.05, 3.63) is 0 Å². The van der Waals surface area contributed by atoms with E-state index in [1.54, 1.807) is 0 Å². The van der Waals surface area contributed by atoms with Crippen LogP contribution in [-0.4, -0.2) is 30.5 Å². The van der Waals surface area contributed by atoms with Crippen molar-refractivity contribution in [2.45, 2.75) is 18.6 Å². The van der Waals surface area contributed by atoms with Crippen LogP contribution in [-0.2, 0) is 4.74 Å². The summed E-state index contributed by atoms with van der Waals surface area (Å²) in [5.41, 5.74) is 5.26. The van der Waals surface area contributed by atoms with Gasteiger partial charge in [-0.2, -0.15) is 0 Å². The number of hydrogen-bond acceptors (Lipinski definition) is 3. The minimum Gasteiger partial charge on any atom is -0.391 e. The number of ether oxygens (including phenoxy) is 1. The van der Waals surface area contributed by atoms with Crippen LogP contribution in [0.2, 0.25) is 0 Å². The molecule has 1 saturated heterocycles. The molecule has 1 heterocycles. The van der Waals surface area contributed by atoms with Gasteiger partial charge in [-0.15, -0.1) is 0 Å². The van der Waals surface area contributed by atoms with Crippen LogP contribution in [0.1, 0.15) is 6.42 Å². The van der Waals surface area contributed by atoms with Crippen molar-refractivity contribution < 1.29 is 9.84 Å². The number of rotatable bonds is 1. The van der Waals surface area contributed by atoms with Crippen LogP contribution in [0.3, 0.4) is 0 Å². The van der Waals surface area contributed by atoms with Gasteiger partial charge in [0.25, 0.3) is 0 Å². The van der Waals surface area contributed by atoms with Crippen LogP contribution in [0.5, 0.6) is 0 Å². The van der Waals surface area contributed by atoms with E-state index < -0.39 is 0 Å². The largest absolute Gasteiger partial charge is 0.391 e. The van der Waals surface area contributed by atoms with E-state index in [1.807, 2.05) is 0 Å². The fourth-order valence-electron chi connectivity index (χ4n) is 0.851. The van der Waals surface area contributed by atoms with Gasteiger partial charge in [-0.1, -0.05) is 0 Å². The standard InChI is InChI=1S/C5H11NO2/c6-2-5-1-4(7)3-8-5/h4-5,7H,1-3,6H2. The van der Waals surface area contributed by atoms with Crippen LogP contribution >= 0.6 is 0 Å². The molecule has 1 aliphatic rings. The molecule has 0 radical (unpaired) electrons. The predicted octanol–water partition coefficient (Wildman–Crippen LogP) is -0.905. The highest BCUT2D eigenvalue weighted by atomic mass is 16.5. The van der Waals surface area contributed by atoms with Crippen molar-refractivity contribution in [2.24, 2.45) is 5.73 Å². The molecule has 0 spiro atoms. The molecule has 2 atom stereocenters. The number of aliphatic hydroxyl groups is 1. The zero-order valence-corrected chi connectivity index (χ0v) is 4.71. The molecular formula is C5H11NO2. The van der Waals surface area contributed by atoms with Crippen LogP contribution in [0.4, 0.5) is 0 Å². The second-order valence-electron chi connectivity index (χ2n) is 2.08. The first-order valence-electron chi connectivity index (χ1n) is 2.82. The van der Waals surface area contributed by atoms with Gasteiger partial charge in [-0.3, -0.25) is 0 Å². The molecule has 1 fully saturated rings. The second-order valence-corrected chi connectivity index (χ2v) is 2.08. The highest BCUT2D eigenvalue weighted by Crippen LogP contribution is 2.10. The van der Waals surface area contributed by atoms with Gasteiger partial charge < -0.3 is 15.6 Å². The van der Waals surface area contributed by atoms with Crippen molar-refractivity contribution in [3.63, 3.8) is 0 Å². The Kier molecular flexibility index (Phi) is 1.83. The Morgan fingerprint density at radius 2 is 2.50 bits per heavy atom. The average molecular weight is 117 g/mol. The van der Waals surface area contributed by atoms with Gasteiger partial charge in [0.1, 0.15) is 0 Å². The van der Waals surface area contributed by atoms with Crippen molar-refractivity contribution >= 4 is 0 Å². The van der Waals surface area contributed by atoms with E-state index in [2.05, 4.69) is 0 Å². The van der Waals surface area contributed by atoms with E-state index in [9.17, 15) is 0 Å². The van der Waals surface area contributed by atoms with Gasteiger partial charge in [0.15, 0.2) is 0 Å². The maximum absolute atomic E-state index is 8.85. The fraction of sp³-hybridized carbons (Fsp3) is 1.00. The summed E-state index contributed by atoms with van der Waals surface area (Å²) in [7, 11) is 0. The molecule has 1 rings (SSSR count). The summed E-state index contributed by atoms with van der Waals surface area (Å²) in [6.45, 7) is 0.985. The summed E-state index contributed by atoms with van der Waals surface area (Å²) >= 11 is 0. The zero-order valence-electron chi connectivity index (χ0n) is 4.71. The molecule has 0 bridgehead atoms. The Balaban J connectivity index is 2.22. The van der Waals surface area contributed by atoms with Crippen LogP contribution in [0.15, 0.2) is 0 Å². The smallest absolute Gasteiger partial charge is 0.0799 e. The van der Waals surface area contributed by atoms with Gasteiger partial charge in [0.05, 0.1) is 18.8 Å². The third-order valence-electron chi connectivity index (χ3n) is 1.32. The highest BCUT2D eigenvalue weighted by Gasteiger charge is 2.21. The minimum atomic E-state index is -0.274. The molecule has 0 aromatic carbocycles. The molecule has 48 valence electrons. The maximum atomic E-state index is 8.85. The van der Waals surface area contributed by atoms with Gasteiger partial charge in [-0.05, 0) is 0 Å². The van der Waals surface area contributed by atoms with Crippen LogP contribution in [0, 0.1) is 0 Å². The third-order valence-corrected chi connectivity index (χ3v) is 1.32. The van der Waals surface area contributed by atoms with Crippen molar-refractivity contribution in [1.82, 2.24) is 0 Å². The number of nitrogens with two attached hydrogens (primary N) is 1. The van der Waals surface area contributed by atoms with Crippen LogP contribution in [0.25, 0.3) is 0 Å². The Bertz CT molecular complexity index is 76.8. The summed E-state index contributed by atoms with van der Waals surface area (Å²) in [6.07, 6.45) is 0.532. The molecule has 1 aliphatic heterocycles. The van der Waals surface area contributed by atoms with E-state index >= 15 is 0 Å². The van der Waals surface area contributed by atoms with Crippen molar-refractivity contribution in [1.29, 1.82) is 0 Å². The van der Waals surface area contributed by atoms with Gasteiger partial charge in [0.2, 0.25) is 0 Å². The Morgan fingerprint density at radius 3 is 2.75 bits per heavy atom. The summed E-state index contributed by atoms with van der Waals surface area (Å²) in [5, 5.41) is 8.85. The molecule has 3 nitrogen and oxygen atoms in total. The summed E-state index contributed by atoms with van der Waals surface area (Å²) in [4.78, 5) is 0. The number of hydrogen-bond donors (Lipinski definition) is 2. The number of aliphatic hydroxyl groups excluding tert-OH is 1. The minimum absolute atomic E-state index is 0.102. The van der Waals surface area contributed by atoms with Gasteiger partial charge in [0, 0.05) is 13.0 Å². The lowest BCUT2D eigenvalue weighted by Gasteiger charge is -2.01. The van der Waals surface area contributed by atoms with Crippen molar-refractivity contribution in [3.8, 4) is 0 Å². The molecule has 0 aromatic heterocycles. The molecule has 0 saturated carbocycles. The van der Waals surface area contributed by atoms with E-state index in [1.165, 1.54) is 0 Å². The molecule has 0 aliphatic carbocycles. The summed E-state index contributed by atoms with van der Waals surface area (Å²) < 4.78 is 5.04. The lowest BCUT2D eigenvalue weighted by atomic mass is 10.2. The Hall–Kier alpha value is -0.120. The SMILES string of the molecule is NCC1CC(O)CO1. The van der Waals surface area contributed by atoms with Gasteiger partial charge in [-0.25, -0.2) is 0 Å². The van der Waals surface area contributed by atoms with Crippen LogP contribution < -0.4 is 5.73 Å². The van der Waals surface area contributed by atoms with E-state index in [-0.39, 0.29) is 12.2 Å². The molecule has 3 N–H and O–H groups in total. The first-order chi connectivity index (χ1) is 3.83. The third kappa shape index (κ3) is 1.18. The molecule has 0 aromatic rings. The van der Waals surface area contributed by atoms with E-state index in [4.69, 9.17) is 15.6 Å². The van der Waals surface area contributed by atoms with E-state index in [0.717, 1.165) is 0 Å². The lowest BCUT2D eigenvalue weighted by molar-refractivity contribution is 0.0926. The molecular weight excluding hydrogens is 106 g/mol. The topological polar surface area (TPSA) is 55.5 Å². The van der Waals surface area contributed by atoms with Crippen molar-refractivity contribution in [2.75, 3.05) is 13.2 Å². The van der Waals surface area contributed by atoms with Gasteiger partial charge >= 0.3 is 0 Å². The monoisotopic (exact) mass is 117 g/mol. The first-order valence-corrected chi connectivity index (χ1v) is 2.82. The first kappa shape index (κ1) is 6.01. The quantitative estimate of drug-likeness (QED) is 0.467. The maximum Gasteiger partial charge on any atom is 0.0799 e. The normalized spacial score (nSPS) is 38.2. The Morgan fingerprint density at radius 1 is 1.75 bits per heavy atom. The fourth-order valence-corrected chi connectivity index (χ4v) is 0.851. The second kappa shape index (κ2) is 2.44. The molecule has 3 heteroatoms. The highest BCUT2D eigenvalue weighted by molar-refractivity contribution is 4.72. The van der Waals surface area contributed by atoms with E-state index in [0.29, 0.717) is 19.6 Å².